The third-order valence-corrected chi connectivity index (χ3v) is 12.1. The van der Waals surface area contributed by atoms with Gasteiger partial charge in [-0.15, -0.1) is 27.7 Å². The molecule has 6 rings (SSSR count). The van der Waals surface area contributed by atoms with Crippen molar-refractivity contribution in [1.82, 2.24) is 0 Å². The van der Waals surface area contributed by atoms with Crippen molar-refractivity contribution in [3.05, 3.63) is 150 Å². The van der Waals surface area contributed by atoms with Gasteiger partial charge in [0.25, 0.3) is 0 Å². The first kappa shape index (κ1) is 34.4. The van der Waals surface area contributed by atoms with Crippen molar-refractivity contribution in [3.8, 4) is 11.1 Å². The third-order valence-electron chi connectivity index (χ3n) is 7.35. The van der Waals surface area contributed by atoms with Crippen molar-refractivity contribution >= 4 is 39.2 Å². The summed E-state index contributed by atoms with van der Waals surface area (Å²) in [6.07, 6.45) is 1.03. The van der Waals surface area contributed by atoms with E-state index in [1.165, 1.54) is 33.4 Å². The van der Waals surface area contributed by atoms with E-state index in [0.717, 1.165) is 16.8 Å². The molecule has 214 valence electrons. The molecule has 4 heteroatoms. The summed E-state index contributed by atoms with van der Waals surface area (Å²) in [5, 5.41) is 2.05. The molecule has 5 aromatic carbocycles. The Hall–Kier alpha value is -2.09. The summed E-state index contributed by atoms with van der Waals surface area (Å²) in [7, 11) is 0. The van der Waals surface area contributed by atoms with E-state index < -0.39 is 6.69 Å². The average Bonchev–Trinajstić information content (AvgIpc) is 3.65. The first-order chi connectivity index (χ1) is 19.4. The van der Waals surface area contributed by atoms with Gasteiger partial charge in [-0.05, 0) is 27.8 Å². The number of hydrogen-bond donors (Lipinski definition) is 0. The van der Waals surface area contributed by atoms with Crippen molar-refractivity contribution in [3.63, 3.8) is 0 Å². The molecule has 0 aromatic heterocycles. The van der Waals surface area contributed by atoms with Crippen LogP contribution in [0.2, 0.25) is 0 Å². The van der Waals surface area contributed by atoms with E-state index >= 15 is 0 Å². The van der Waals surface area contributed by atoms with E-state index in [1.807, 2.05) is 91.0 Å². The van der Waals surface area contributed by atoms with Gasteiger partial charge >= 0.3 is 32.9 Å². The SMILES string of the molecule is CC(C)(C)c1c[c-]c2c(c1)-c1cc(C(C)(C)C)ccc1C2.Cl[Si](Cl)(c1ccccc1)c1ccccc1.[Zr+2].c1cc[cH-]c1. The van der Waals surface area contributed by atoms with Crippen molar-refractivity contribution in [2.24, 2.45) is 0 Å². The van der Waals surface area contributed by atoms with Gasteiger partial charge in [0, 0.05) is 0 Å². The molecule has 0 spiro atoms. The van der Waals surface area contributed by atoms with Crippen LogP contribution in [0.3, 0.4) is 0 Å². The molecule has 0 heterocycles. The van der Waals surface area contributed by atoms with Crippen LogP contribution in [0.25, 0.3) is 11.1 Å². The molecule has 0 saturated heterocycles. The second kappa shape index (κ2) is 14.6. The zero-order valence-electron chi connectivity index (χ0n) is 25.5. The third kappa shape index (κ3) is 8.73. The van der Waals surface area contributed by atoms with Gasteiger partial charge in [-0.3, -0.25) is 0 Å². The molecular weight excluding hydrogens is 647 g/mol. The Morgan fingerprint density at radius 2 is 1.14 bits per heavy atom. The van der Waals surface area contributed by atoms with Gasteiger partial charge in [0.15, 0.2) is 0 Å². The second-order valence-corrected chi connectivity index (χ2v) is 18.9. The van der Waals surface area contributed by atoms with Gasteiger partial charge in [0.1, 0.15) is 0 Å². The predicted octanol–water partition coefficient (Wildman–Crippen LogP) is 9.78. The fraction of sp³-hybridized carbons (Fsp3) is 0.237. The molecule has 42 heavy (non-hydrogen) atoms. The molecule has 0 atom stereocenters. The summed E-state index contributed by atoms with van der Waals surface area (Å²) in [6.45, 7) is 11.1. The largest absolute Gasteiger partial charge is 2.00 e. The van der Waals surface area contributed by atoms with E-state index in [0.29, 0.717) is 0 Å². The molecule has 0 fully saturated rings. The fourth-order valence-corrected chi connectivity index (χ4v) is 7.83. The summed E-state index contributed by atoms with van der Waals surface area (Å²) >= 11 is 13.0. The van der Waals surface area contributed by atoms with Gasteiger partial charge in [0.05, 0.1) is 0 Å². The van der Waals surface area contributed by atoms with Crippen LogP contribution in [-0.4, -0.2) is 6.69 Å². The molecule has 5 aromatic rings. The van der Waals surface area contributed by atoms with Crippen molar-refractivity contribution < 1.29 is 26.2 Å². The van der Waals surface area contributed by atoms with Crippen LogP contribution in [0.5, 0.6) is 0 Å². The predicted molar refractivity (Wildman–Crippen MR) is 183 cm³/mol. The minimum Gasteiger partial charge on any atom is -0.214 e. The van der Waals surface area contributed by atoms with Crippen LogP contribution in [0, 0.1) is 6.07 Å². The monoisotopic (exact) mass is 684 g/mol. The molecule has 0 saturated carbocycles. The molecule has 0 aliphatic heterocycles. The Balaban J connectivity index is 0.000000201. The first-order valence-corrected chi connectivity index (χ1v) is 18.2. The van der Waals surface area contributed by atoms with E-state index in [2.05, 4.69) is 77.9 Å². The van der Waals surface area contributed by atoms with Crippen LogP contribution in [0.15, 0.2) is 121 Å². The minimum atomic E-state index is -2.51. The second-order valence-electron chi connectivity index (χ2n) is 12.6. The normalized spacial score (nSPS) is 12.0. The number of hydrogen-bond acceptors (Lipinski definition) is 0. The minimum absolute atomic E-state index is 0. The molecular formula is C38H40Cl2SiZr. The maximum Gasteiger partial charge on any atom is 2.00 e. The summed E-state index contributed by atoms with van der Waals surface area (Å²) in [4.78, 5) is 0. The topological polar surface area (TPSA) is 0 Å². The first-order valence-electron chi connectivity index (χ1n) is 14.2. The van der Waals surface area contributed by atoms with Crippen LogP contribution in [-0.2, 0) is 43.5 Å². The van der Waals surface area contributed by atoms with Gasteiger partial charge in [0.2, 0.25) is 0 Å². The van der Waals surface area contributed by atoms with Gasteiger partial charge in [-0.1, -0.05) is 137 Å². The van der Waals surface area contributed by atoms with Gasteiger partial charge in [-0.2, -0.15) is 47.5 Å². The molecule has 0 radical (unpaired) electrons. The summed E-state index contributed by atoms with van der Waals surface area (Å²) in [5.74, 6) is 0. The Labute approximate surface area is 283 Å². The Bertz CT molecular complexity index is 1410. The quantitative estimate of drug-likeness (QED) is 0.0967. The van der Waals surface area contributed by atoms with Crippen LogP contribution >= 0.6 is 22.2 Å². The Morgan fingerprint density at radius 3 is 1.60 bits per heavy atom. The number of rotatable bonds is 2. The molecule has 0 unspecified atom stereocenters. The smallest absolute Gasteiger partial charge is 0.214 e. The van der Waals surface area contributed by atoms with E-state index in [9.17, 15) is 0 Å². The Morgan fingerprint density at radius 1 is 0.643 bits per heavy atom. The maximum atomic E-state index is 6.49. The zero-order chi connectivity index (χ0) is 29.7. The van der Waals surface area contributed by atoms with E-state index in [-0.39, 0.29) is 37.0 Å². The molecule has 1 aliphatic carbocycles. The summed E-state index contributed by atoms with van der Waals surface area (Å²) in [5.41, 5.74) is 8.76. The summed E-state index contributed by atoms with van der Waals surface area (Å²) in [6, 6.07) is 44.8. The van der Waals surface area contributed by atoms with Gasteiger partial charge < -0.3 is 0 Å². The zero-order valence-corrected chi connectivity index (χ0v) is 30.5. The van der Waals surface area contributed by atoms with Crippen molar-refractivity contribution in [2.45, 2.75) is 58.8 Å². The molecule has 0 N–H and O–H groups in total. The Kier molecular flexibility index (Phi) is 11.9. The van der Waals surface area contributed by atoms with Crippen molar-refractivity contribution in [2.75, 3.05) is 0 Å². The van der Waals surface area contributed by atoms with Crippen LogP contribution < -0.4 is 10.4 Å². The number of benzene rings is 4. The molecule has 0 amide bonds. The van der Waals surface area contributed by atoms with Crippen LogP contribution in [0.4, 0.5) is 0 Å². The van der Waals surface area contributed by atoms with E-state index in [1.54, 1.807) is 0 Å². The standard InChI is InChI=1S/C21H25.C12H10Cl2Si.C5H5.Zr/c1-20(2,3)16-9-7-14-11-15-8-10-17(21(4,5)6)13-19(15)18(14)12-16;13-15(14,11-7-3-1-4-8-11)12-9-5-2-6-10-12;1-2-4-5-3-1;/h7,9-10,12-13H,11H2,1-6H3;1-10H;1-5H;/q-1;;-1;+2. The van der Waals surface area contributed by atoms with E-state index in [4.69, 9.17) is 22.2 Å². The molecule has 0 nitrogen and oxygen atoms in total. The molecule has 0 bridgehead atoms. The molecule has 1 aliphatic rings. The average molecular weight is 687 g/mol. The van der Waals surface area contributed by atoms with Crippen molar-refractivity contribution in [1.29, 1.82) is 0 Å². The summed E-state index contributed by atoms with van der Waals surface area (Å²) < 4.78 is 0. The van der Waals surface area contributed by atoms with Gasteiger partial charge in [-0.25, -0.2) is 12.1 Å². The number of fused-ring (bicyclic) bond motifs is 3. The fourth-order valence-electron chi connectivity index (χ4n) is 4.77. The maximum absolute atomic E-state index is 6.49. The number of halogens is 2. The van der Waals surface area contributed by atoms with Crippen LogP contribution in [0.1, 0.15) is 63.8 Å².